The van der Waals surface area contributed by atoms with Crippen molar-refractivity contribution in [3.05, 3.63) is 48.0 Å². The van der Waals surface area contributed by atoms with Crippen molar-refractivity contribution >= 4 is 0 Å². The molecule has 1 saturated heterocycles. The summed E-state index contributed by atoms with van der Waals surface area (Å²) in [5.74, 6) is 0.266. The number of piperidine rings is 1. The van der Waals surface area contributed by atoms with E-state index in [0.29, 0.717) is 5.92 Å². The van der Waals surface area contributed by atoms with Gasteiger partial charge in [0.2, 0.25) is 0 Å². The minimum Gasteiger partial charge on any atom is -0.395 e. The van der Waals surface area contributed by atoms with Gasteiger partial charge in [-0.05, 0) is 55.6 Å². The maximum Gasteiger partial charge on any atom is 0.123 e. The molecule has 0 spiro atoms. The average Bonchev–Trinajstić information content (AvgIpc) is 2.97. The molecule has 1 fully saturated rings. The molecule has 1 aromatic heterocycles. The van der Waals surface area contributed by atoms with Gasteiger partial charge in [0.1, 0.15) is 5.82 Å². The van der Waals surface area contributed by atoms with Crippen LogP contribution in [0.15, 0.2) is 36.5 Å². The molecule has 2 unspecified atom stereocenters. The van der Waals surface area contributed by atoms with Crippen molar-refractivity contribution in [1.82, 2.24) is 14.7 Å². The van der Waals surface area contributed by atoms with Crippen molar-refractivity contribution in [3.8, 4) is 5.69 Å². The Kier molecular flexibility index (Phi) is 4.55. The summed E-state index contributed by atoms with van der Waals surface area (Å²) in [6.45, 7) is 4.13. The molecule has 0 radical (unpaired) electrons. The van der Waals surface area contributed by atoms with Crippen molar-refractivity contribution < 1.29 is 9.50 Å². The first-order chi connectivity index (χ1) is 10.7. The molecule has 1 aliphatic heterocycles. The third kappa shape index (κ3) is 3.20. The van der Waals surface area contributed by atoms with E-state index in [4.69, 9.17) is 0 Å². The molecule has 1 N–H and O–H groups in total. The van der Waals surface area contributed by atoms with Crippen molar-refractivity contribution in [1.29, 1.82) is 0 Å². The Morgan fingerprint density at radius 1 is 1.27 bits per heavy atom. The maximum absolute atomic E-state index is 13.0. The Morgan fingerprint density at radius 3 is 2.77 bits per heavy atom. The highest BCUT2D eigenvalue weighted by Crippen LogP contribution is 2.24. The fraction of sp³-hybridized carbons (Fsp3) is 0.471. The second kappa shape index (κ2) is 6.58. The van der Waals surface area contributed by atoms with E-state index in [-0.39, 0.29) is 18.5 Å². The first-order valence-corrected chi connectivity index (χ1v) is 7.83. The number of likely N-dealkylation sites (tertiary alicyclic amines) is 1. The number of rotatable bonds is 4. The fourth-order valence-electron chi connectivity index (χ4n) is 3.22. The monoisotopic (exact) mass is 303 g/mol. The molecule has 5 heteroatoms. The van der Waals surface area contributed by atoms with Gasteiger partial charge in [-0.1, -0.05) is 6.92 Å². The number of nitrogens with zero attached hydrogens (tertiary/aromatic N) is 3. The number of halogens is 1. The van der Waals surface area contributed by atoms with Crippen LogP contribution >= 0.6 is 0 Å². The van der Waals surface area contributed by atoms with E-state index in [0.717, 1.165) is 30.9 Å². The predicted octanol–water partition coefficient (Wildman–Crippen LogP) is 2.60. The van der Waals surface area contributed by atoms with Crippen LogP contribution in [0.5, 0.6) is 0 Å². The Hall–Kier alpha value is -1.72. The van der Waals surface area contributed by atoms with Crippen LogP contribution < -0.4 is 0 Å². The van der Waals surface area contributed by atoms with Crippen molar-refractivity contribution in [2.75, 3.05) is 13.2 Å². The lowest BCUT2D eigenvalue weighted by molar-refractivity contribution is 0.0463. The average molecular weight is 303 g/mol. The van der Waals surface area contributed by atoms with Gasteiger partial charge >= 0.3 is 0 Å². The van der Waals surface area contributed by atoms with Crippen LogP contribution in [0.2, 0.25) is 0 Å². The fourth-order valence-corrected chi connectivity index (χ4v) is 3.22. The standard InChI is InChI=1S/C17H22FN3O/c1-13-3-2-9-20(17(13)12-22)11-15-8-10-21(19-15)16-6-4-14(18)5-7-16/h4-8,10,13,17,22H,2-3,9,11-12H2,1H3. The molecule has 2 aromatic rings. The molecule has 0 amide bonds. The van der Waals surface area contributed by atoms with Gasteiger partial charge in [-0.15, -0.1) is 0 Å². The first kappa shape index (κ1) is 15.2. The highest BCUT2D eigenvalue weighted by molar-refractivity contribution is 5.31. The second-order valence-corrected chi connectivity index (χ2v) is 6.07. The summed E-state index contributed by atoms with van der Waals surface area (Å²) in [6, 6.07) is 8.49. The van der Waals surface area contributed by atoms with Gasteiger partial charge in [0.15, 0.2) is 0 Å². The van der Waals surface area contributed by atoms with E-state index in [9.17, 15) is 9.50 Å². The second-order valence-electron chi connectivity index (χ2n) is 6.07. The van der Waals surface area contributed by atoms with Crippen LogP contribution in [0, 0.1) is 11.7 Å². The number of aliphatic hydroxyl groups is 1. The molecule has 1 aromatic carbocycles. The summed E-state index contributed by atoms with van der Waals surface area (Å²) in [6.07, 6.45) is 4.23. The lowest BCUT2D eigenvalue weighted by atomic mass is 9.91. The maximum atomic E-state index is 13.0. The lowest BCUT2D eigenvalue weighted by Gasteiger charge is -2.38. The van der Waals surface area contributed by atoms with E-state index in [2.05, 4.69) is 16.9 Å². The number of benzene rings is 1. The molecule has 1 aliphatic rings. The van der Waals surface area contributed by atoms with Gasteiger partial charge in [-0.3, -0.25) is 4.90 Å². The van der Waals surface area contributed by atoms with Crippen LogP contribution in [-0.4, -0.2) is 39.0 Å². The number of aliphatic hydroxyl groups excluding tert-OH is 1. The Morgan fingerprint density at radius 2 is 2.05 bits per heavy atom. The number of hydrogen-bond donors (Lipinski definition) is 1. The summed E-state index contributed by atoms with van der Waals surface area (Å²) in [5.41, 5.74) is 1.82. The molecule has 0 saturated carbocycles. The predicted molar refractivity (Wildman–Crippen MR) is 83.2 cm³/mol. The molecule has 2 atom stereocenters. The highest BCUT2D eigenvalue weighted by Gasteiger charge is 2.28. The van der Waals surface area contributed by atoms with Gasteiger partial charge < -0.3 is 5.11 Å². The van der Waals surface area contributed by atoms with Gasteiger partial charge in [0.05, 0.1) is 18.0 Å². The SMILES string of the molecule is CC1CCCN(Cc2ccn(-c3ccc(F)cc3)n2)C1CO. The molecule has 22 heavy (non-hydrogen) atoms. The molecule has 4 nitrogen and oxygen atoms in total. The zero-order valence-corrected chi connectivity index (χ0v) is 12.8. The molecular formula is C17H22FN3O. The smallest absolute Gasteiger partial charge is 0.123 e. The van der Waals surface area contributed by atoms with Gasteiger partial charge in [0, 0.05) is 18.8 Å². The van der Waals surface area contributed by atoms with E-state index in [1.165, 1.54) is 18.6 Å². The van der Waals surface area contributed by atoms with E-state index in [1.807, 2.05) is 12.3 Å². The Balaban J connectivity index is 1.72. The highest BCUT2D eigenvalue weighted by atomic mass is 19.1. The largest absolute Gasteiger partial charge is 0.395 e. The van der Waals surface area contributed by atoms with Crippen LogP contribution in [-0.2, 0) is 6.54 Å². The third-order valence-electron chi connectivity index (χ3n) is 4.52. The zero-order chi connectivity index (χ0) is 15.5. The minimum absolute atomic E-state index is 0.194. The van der Waals surface area contributed by atoms with Gasteiger partial charge in [-0.25, -0.2) is 9.07 Å². The summed E-state index contributed by atoms with van der Waals surface area (Å²) in [7, 11) is 0. The van der Waals surface area contributed by atoms with Gasteiger partial charge in [-0.2, -0.15) is 5.10 Å². The van der Waals surface area contributed by atoms with Crippen molar-refractivity contribution in [2.24, 2.45) is 5.92 Å². The van der Waals surface area contributed by atoms with E-state index in [1.54, 1.807) is 16.8 Å². The molecule has 0 aliphatic carbocycles. The Labute approximate surface area is 130 Å². The molecular weight excluding hydrogens is 281 g/mol. The van der Waals surface area contributed by atoms with Crippen LogP contribution in [0.4, 0.5) is 4.39 Å². The molecule has 0 bridgehead atoms. The van der Waals surface area contributed by atoms with E-state index >= 15 is 0 Å². The van der Waals surface area contributed by atoms with Crippen LogP contribution in [0.25, 0.3) is 5.69 Å². The molecule has 3 rings (SSSR count). The summed E-state index contributed by atoms with van der Waals surface area (Å²) in [5, 5.41) is 14.2. The van der Waals surface area contributed by atoms with Crippen molar-refractivity contribution in [3.63, 3.8) is 0 Å². The van der Waals surface area contributed by atoms with Crippen molar-refractivity contribution in [2.45, 2.75) is 32.4 Å². The summed E-state index contributed by atoms with van der Waals surface area (Å²) < 4.78 is 14.7. The number of hydrogen-bond acceptors (Lipinski definition) is 3. The quantitative estimate of drug-likeness (QED) is 0.944. The summed E-state index contributed by atoms with van der Waals surface area (Å²) in [4.78, 5) is 2.31. The summed E-state index contributed by atoms with van der Waals surface area (Å²) >= 11 is 0. The number of aromatic nitrogens is 2. The van der Waals surface area contributed by atoms with Gasteiger partial charge in [0.25, 0.3) is 0 Å². The molecule has 118 valence electrons. The Bertz CT molecular complexity index is 611. The van der Waals surface area contributed by atoms with Crippen LogP contribution in [0.1, 0.15) is 25.5 Å². The molecule has 2 heterocycles. The first-order valence-electron chi connectivity index (χ1n) is 7.83. The third-order valence-corrected chi connectivity index (χ3v) is 4.52. The topological polar surface area (TPSA) is 41.3 Å². The normalized spacial score (nSPS) is 22.9. The lowest BCUT2D eigenvalue weighted by Crippen LogP contribution is -2.46. The minimum atomic E-state index is -0.246. The zero-order valence-electron chi connectivity index (χ0n) is 12.8. The van der Waals surface area contributed by atoms with E-state index < -0.39 is 0 Å². The van der Waals surface area contributed by atoms with Crippen LogP contribution in [0.3, 0.4) is 0 Å².